The number of nitrogens with zero attached hydrogens (tertiary/aromatic N) is 3. The number of rotatable bonds is 9. The number of aromatic nitrogens is 1. The lowest BCUT2D eigenvalue weighted by Gasteiger charge is -2.21. The van der Waals surface area contributed by atoms with Crippen molar-refractivity contribution in [2.24, 2.45) is 4.99 Å². The molecular formula is C21H30FN5O2S. The van der Waals surface area contributed by atoms with Crippen molar-refractivity contribution in [3.63, 3.8) is 0 Å². The first-order valence-corrected chi connectivity index (χ1v) is 10.8. The van der Waals surface area contributed by atoms with E-state index in [0.29, 0.717) is 41.9 Å². The van der Waals surface area contributed by atoms with Crippen LogP contribution in [-0.2, 0) is 4.74 Å². The summed E-state index contributed by atoms with van der Waals surface area (Å²) in [5.74, 6) is 0.0780. The summed E-state index contributed by atoms with van der Waals surface area (Å²) in [6, 6.07) is 6.62. The van der Waals surface area contributed by atoms with E-state index in [9.17, 15) is 9.18 Å². The number of ether oxygens (including phenoxy) is 1. The fourth-order valence-electron chi connectivity index (χ4n) is 2.85. The van der Waals surface area contributed by atoms with Crippen molar-refractivity contribution in [3.05, 3.63) is 45.7 Å². The monoisotopic (exact) mass is 435 g/mol. The number of hydrogen-bond acceptors (Lipinski definition) is 6. The quantitative estimate of drug-likeness (QED) is 0.272. The fraction of sp³-hybridized carbons (Fsp3) is 0.476. The largest absolute Gasteiger partial charge is 0.462 e. The molecule has 0 saturated carbocycles. The molecule has 2 N–H and O–H groups in total. The highest BCUT2D eigenvalue weighted by atomic mass is 32.1. The Bertz CT molecular complexity index is 871. The third kappa shape index (κ3) is 6.41. The highest BCUT2D eigenvalue weighted by molar-refractivity contribution is 7.13. The highest BCUT2D eigenvalue weighted by Crippen LogP contribution is 2.24. The molecule has 2 rings (SSSR count). The van der Waals surface area contributed by atoms with Crippen LogP contribution in [0.5, 0.6) is 0 Å². The number of para-hydroxylation sites is 1. The van der Waals surface area contributed by atoms with Gasteiger partial charge < -0.3 is 20.3 Å². The molecule has 0 aliphatic carbocycles. The van der Waals surface area contributed by atoms with E-state index in [2.05, 4.69) is 20.6 Å². The Morgan fingerprint density at radius 3 is 2.80 bits per heavy atom. The average molecular weight is 436 g/mol. The minimum Gasteiger partial charge on any atom is -0.462 e. The van der Waals surface area contributed by atoms with Gasteiger partial charge in [-0.3, -0.25) is 4.99 Å². The van der Waals surface area contributed by atoms with E-state index in [0.717, 1.165) is 11.4 Å². The molecule has 0 aliphatic heterocycles. The van der Waals surface area contributed by atoms with Crippen LogP contribution in [-0.4, -0.2) is 50.7 Å². The molecule has 0 aliphatic rings. The second-order valence-corrected chi connectivity index (χ2v) is 7.81. The molecule has 0 saturated heterocycles. The maximum atomic E-state index is 13.8. The second kappa shape index (κ2) is 11.5. The van der Waals surface area contributed by atoms with Crippen LogP contribution in [0.2, 0.25) is 0 Å². The van der Waals surface area contributed by atoms with Gasteiger partial charge in [-0.2, -0.15) is 0 Å². The summed E-state index contributed by atoms with van der Waals surface area (Å²) in [7, 11) is 3.57. The number of aliphatic imine (C=N–C) groups is 1. The van der Waals surface area contributed by atoms with Gasteiger partial charge >= 0.3 is 5.97 Å². The Labute approximate surface area is 181 Å². The molecule has 1 unspecified atom stereocenters. The van der Waals surface area contributed by atoms with E-state index in [1.165, 1.54) is 17.4 Å². The average Bonchev–Trinajstić information content (AvgIpc) is 3.12. The van der Waals surface area contributed by atoms with Crippen LogP contribution >= 0.6 is 11.3 Å². The maximum absolute atomic E-state index is 13.8. The van der Waals surface area contributed by atoms with Gasteiger partial charge in [0.25, 0.3) is 0 Å². The molecule has 1 aromatic carbocycles. The second-order valence-electron chi connectivity index (χ2n) is 6.78. The molecule has 9 heteroatoms. The van der Waals surface area contributed by atoms with Crippen molar-refractivity contribution in [1.29, 1.82) is 0 Å². The van der Waals surface area contributed by atoms with E-state index < -0.39 is 0 Å². The number of benzene rings is 1. The Balaban J connectivity index is 1.84. The van der Waals surface area contributed by atoms with E-state index in [1.54, 1.807) is 33.0 Å². The van der Waals surface area contributed by atoms with Gasteiger partial charge in [-0.15, -0.1) is 11.3 Å². The molecule has 1 atom stereocenters. The van der Waals surface area contributed by atoms with Gasteiger partial charge in [0.2, 0.25) is 0 Å². The topological polar surface area (TPSA) is 78.8 Å². The number of carbonyl (C=O) groups is 1. The minimum atomic E-state index is -0.340. The molecule has 0 radical (unpaired) electrons. The van der Waals surface area contributed by atoms with E-state index in [1.807, 2.05) is 24.9 Å². The van der Waals surface area contributed by atoms with Gasteiger partial charge in [0.05, 0.1) is 24.0 Å². The Morgan fingerprint density at radius 1 is 1.40 bits per heavy atom. The first-order chi connectivity index (χ1) is 14.4. The number of aryl methyl sites for hydroxylation is 1. The maximum Gasteiger partial charge on any atom is 0.350 e. The Kier molecular flexibility index (Phi) is 9.04. The third-order valence-corrected chi connectivity index (χ3v) is 5.77. The molecular weight excluding hydrogens is 405 g/mol. The number of halogens is 1. The number of nitrogens with one attached hydrogen (secondary N) is 2. The normalized spacial score (nSPS) is 12.4. The van der Waals surface area contributed by atoms with Gasteiger partial charge in [-0.1, -0.05) is 12.1 Å². The van der Waals surface area contributed by atoms with Crippen LogP contribution in [0.1, 0.15) is 46.7 Å². The summed E-state index contributed by atoms with van der Waals surface area (Å²) < 4.78 is 18.9. The van der Waals surface area contributed by atoms with Crippen LogP contribution in [0, 0.1) is 12.7 Å². The molecule has 0 bridgehead atoms. The molecule has 0 spiro atoms. The molecule has 1 heterocycles. The molecule has 7 nitrogen and oxygen atoms in total. The lowest BCUT2D eigenvalue weighted by atomic mass is 10.2. The van der Waals surface area contributed by atoms with E-state index >= 15 is 0 Å². The van der Waals surface area contributed by atoms with Gasteiger partial charge in [0.15, 0.2) is 5.96 Å². The minimum absolute atomic E-state index is 0.121. The van der Waals surface area contributed by atoms with Crippen molar-refractivity contribution >= 4 is 29.0 Å². The number of hydrogen-bond donors (Lipinski definition) is 2. The van der Waals surface area contributed by atoms with Crippen molar-refractivity contribution in [3.8, 4) is 0 Å². The third-order valence-electron chi connectivity index (χ3n) is 4.45. The number of esters is 1. The number of carbonyl (C=O) groups excluding carboxylic acids is 1. The van der Waals surface area contributed by atoms with Crippen LogP contribution in [0.3, 0.4) is 0 Å². The van der Waals surface area contributed by atoms with Crippen molar-refractivity contribution < 1.29 is 13.9 Å². The first-order valence-electron chi connectivity index (χ1n) is 9.94. The van der Waals surface area contributed by atoms with Crippen molar-refractivity contribution in [2.75, 3.05) is 38.7 Å². The lowest BCUT2D eigenvalue weighted by molar-refractivity contribution is 0.0531. The molecule has 30 heavy (non-hydrogen) atoms. The first kappa shape index (κ1) is 23.6. The number of anilines is 1. The summed E-state index contributed by atoms with van der Waals surface area (Å²) in [5.41, 5.74) is 1.26. The number of guanidine groups is 1. The predicted molar refractivity (Wildman–Crippen MR) is 120 cm³/mol. The van der Waals surface area contributed by atoms with E-state index in [4.69, 9.17) is 4.74 Å². The van der Waals surface area contributed by atoms with Gasteiger partial charge in [-0.25, -0.2) is 14.2 Å². The lowest BCUT2D eigenvalue weighted by Crippen LogP contribution is -2.39. The molecule has 0 amide bonds. The van der Waals surface area contributed by atoms with E-state index in [-0.39, 0.29) is 17.8 Å². The summed E-state index contributed by atoms with van der Waals surface area (Å²) in [4.78, 5) is 23.2. The standard InChI is InChI=1S/C21H30FN5O2S/c1-6-29-20(28)18-14(2)25-19(30-18)15(3)26-21(23-4)24-12-9-13-27(5)17-11-8-7-10-16(17)22/h7-8,10-11,15H,6,9,12-13H2,1-5H3,(H2,23,24,26). The van der Waals surface area contributed by atoms with Crippen LogP contribution in [0.4, 0.5) is 10.1 Å². The van der Waals surface area contributed by atoms with Crippen molar-refractivity contribution in [2.45, 2.75) is 33.2 Å². The van der Waals surface area contributed by atoms with Gasteiger partial charge in [0.1, 0.15) is 15.7 Å². The summed E-state index contributed by atoms with van der Waals surface area (Å²) >= 11 is 1.33. The predicted octanol–water partition coefficient (Wildman–Crippen LogP) is 3.52. The summed E-state index contributed by atoms with van der Waals surface area (Å²) in [5, 5.41) is 7.33. The molecule has 164 valence electrons. The van der Waals surface area contributed by atoms with Crippen LogP contribution in [0.25, 0.3) is 0 Å². The molecule has 2 aromatic rings. The smallest absolute Gasteiger partial charge is 0.350 e. The Hall–Kier alpha value is -2.68. The highest BCUT2D eigenvalue weighted by Gasteiger charge is 2.20. The van der Waals surface area contributed by atoms with Crippen LogP contribution < -0.4 is 15.5 Å². The van der Waals surface area contributed by atoms with Gasteiger partial charge in [-0.05, 0) is 39.3 Å². The van der Waals surface area contributed by atoms with Crippen LogP contribution in [0.15, 0.2) is 29.3 Å². The zero-order valence-electron chi connectivity index (χ0n) is 18.2. The zero-order chi connectivity index (χ0) is 22.1. The summed E-state index contributed by atoms with van der Waals surface area (Å²) in [6.45, 7) is 7.26. The molecule has 1 aromatic heterocycles. The molecule has 0 fully saturated rings. The van der Waals surface area contributed by atoms with Crippen molar-refractivity contribution in [1.82, 2.24) is 15.6 Å². The SMILES string of the molecule is CCOC(=O)c1sc(C(C)NC(=NC)NCCCN(C)c2ccccc2F)nc1C. The Morgan fingerprint density at radius 2 is 2.13 bits per heavy atom. The fourth-order valence-corrected chi connectivity index (χ4v) is 3.82. The number of thiazole rings is 1. The van der Waals surface area contributed by atoms with Gasteiger partial charge in [0, 0.05) is 27.2 Å². The summed E-state index contributed by atoms with van der Waals surface area (Å²) in [6.07, 6.45) is 0.809. The zero-order valence-corrected chi connectivity index (χ0v) is 19.0.